The van der Waals surface area contributed by atoms with Gasteiger partial charge in [-0.15, -0.1) is 11.6 Å². The highest BCUT2D eigenvalue weighted by atomic mass is 35.5. The molecule has 5 heteroatoms. The molecule has 92 valence electrons. The molecule has 0 atom stereocenters. The van der Waals surface area contributed by atoms with Gasteiger partial charge in [0.1, 0.15) is 17.4 Å². The summed E-state index contributed by atoms with van der Waals surface area (Å²) in [6.07, 6.45) is 1.61. The van der Waals surface area contributed by atoms with Crippen molar-refractivity contribution in [1.29, 1.82) is 0 Å². The summed E-state index contributed by atoms with van der Waals surface area (Å²) in [5.74, 6) is 1.47. The molecule has 3 nitrogen and oxygen atoms in total. The van der Waals surface area contributed by atoms with E-state index in [0.717, 1.165) is 16.8 Å². The number of nitrogens with zero attached hydrogens (tertiary/aromatic N) is 2. The summed E-state index contributed by atoms with van der Waals surface area (Å²) in [5, 5.41) is 0. The first-order chi connectivity index (χ1) is 8.78. The van der Waals surface area contributed by atoms with Gasteiger partial charge in [-0.2, -0.15) is 0 Å². The normalized spacial score (nSPS) is 11.2. The first-order valence-corrected chi connectivity index (χ1v) is 6.04. The summed E-state index contributed by atoms with van der Waals surface area (Å²) in [4.78, 5) is 4.38. The average molecular weight is 265 g/mol. The third-order valence-electron chi connectivity index (χ3n) is 2.80. The Morgan fingerprint density at radius 1 is 1.33 bits per heavy atom. The fraction of sp³-hybridized carbons (Fsp3) is 0.154. The lowest BCUT2D eigenvalue weighted by Crippen LogP contribution is -2.03. The molecule has 0 unspecified atom stereocenters. The fourth-order valence-electron chi connectivity index (χ4n) is 1.98. The lowest BCUT2D eigenvalue weighted by molar-refractivity contribution is 0.493. The van der Waals surface area contributed by atoms with Gasteiger partial charge in [0.25, 0.3) is 0 Å². The molecular formula is C13H10ClFN2O. The second-order valence-electron chi connectivity index (χ2n) is 3.96. The van der Waals surface area contributed by atoms with Gasteiger partial charge in [0, 0.05) is 0 Å². The van der Waals surface area contributed by atoms with E-state index in [2.05, 4.69) is 4.98 Å². The summed E-state index contributed by atoms with van der Waals surface area (Å²) < 4.78 is 20.5. The number of imidazole rings is 1. The van der Waals surface area contributed by atoms with Crippen molar-refractivity contribution in [2.24, 2.45) is 0 Å². The third kappa shape index (κ3) is 1.88. The Morgan fingerprint density at radius 2 is 2.22 bits per heavy atom. The molecule has 0 aliphatic heterocycles. The highest BCUT2D eigenvalue weighted by Gasteiger charge is 2.12. The molecule has 0 amide bonds. The lowest BCUT2D eigenvalue weighted by atomic mass is 10.3. The van der Waals surface area contributed by atoms with E-state index in [1.165, 1.54) is 12.1 Å². The number of fused-ring (bicyclic) bond motifs is 1. The van der Waals surface area contributed by atoms with E-state index in [-0.39, 0.29) is 11.7 Å². The molecule has 1 aromatic carbocycles. The van der Waals surface area contributed by atoms with E-state index >= 15 is 0 Å². The zero-order chi connectivity index (χ0) is 12.5. The predicted molar refractivity (Wildman–Crippen MR) is 67.1 cm³/mol. The summed E-state index contributed by atoms with van der Waals surface area (Å²) in [6.45, 7) is 0.495. The van der Waals surface area contributed by atoms with Gasteiger partial charge in [-0.25, -0.2) is 9.37 Å². The molecule has 0 spiro atoms. The smallest absolute Gasteiger partial charge is 0.125 e. The van der Waals surface area contributed by atoms with Crippen LogP contribution in [0.25, 0.3) is 11.0 Å². The second-order valence-corrected chi connectivity index (χ2v) is 4.23. The quantitative estimate of drug-likeness (QED) is 0.677. The molecule has 0 bridgehead atoms. The molecule has 0 N–H and O–H groups in total. The summed E-state index contributed by atoms with van der Waals surface area (Å²) in [7, 11) is 0. The van der Waals surface area contributed by atoms with Gasteiger partial charge in [-0.3, -0.25) is 0 Å². The van der Waals surface area contributed by atoms with E-state index in [1.807, 2.05) is 16.7 Å². The predicted octanol–water partition coefficient (Wildman–Crippen LogP) is 3.56. The van der Waals surface area contributed by atoms with Crippen molar-refractivity contribution in [2.45, 2.75) is 12.4 Å². The first-order valence-electron chi connectivity index (χ1n) is 5.51. The molecule has 0 radical (unpaired) electrons. The van der Waals surface area contributed by atoms with Gasteiger partial charge in [0.2, 0.25) is 0 Å². The molecule has 3 aromatic rings. The van der Waals surface area contributed by atoms with E-state index in [4.69, 9.17) is 16.0 Å². The highest BCUT2D eigenvalue weighted by Crippen LogP contribution is 2.20. The number of alkyl halides is 1. The van der Waals surface area contributed by atoms with Crippen LogP contribution in [-0.4, -0.2) is 9.55 Å². The number of furan rings is 1. The number of rotatable bonds is 3. The molecule has 2 heterocycles. The Hall–Kier alpha value is -1.81. The number of hydrogen-bond acceptors (Lipinski definition) is 2. The maximum atomic E-state index is 13.3. The third-order valence-corrected chi connectivity index (χ3v) is 3.04. The Balaban J connectivity index is 2.15. The zero-order valence-corrected chi connectivity index (χ0v) is 10.2. The molecular weight excluding hydrogens is 255 g/mol. The Kier molecular flexibility index (Phi) is 2.80. The lowest BCUT2D eigenvalue weighted by Gasteiger charge is -2.05. The van der Waals surface area contributed by atoms with E-state index in [1.54, 1.807) is 12.3 Å². The van der Waals surface area contributed by atoms with Crippen LogP contribution in [0.3, 0.4) is 0 Å². The van der Waals surface area contributed by atoms with Gasteiger partial charge >= 0.3 is 0 Å². The van der Waals surface area contributed by atoms with Crippen LogP contribution in [0.15, 0.2) is 41.0 Å². The minimum atomic E-state index is -0.288. The molecule has 0 aliphatic rings. The Labute approximate surface area is 108 Å². The van der Waals surface area contributed by atoms with Gasteiger partial charge in [-0.05, 0) is 30.3 Å². The van der Waals surface area contributed by atoms with E-state index in [0.29, 0.717) is 12.4 Å². The molecule has 2 aromatic heterocycles. The van der Waals surface area contributed by atoms with E-state index in [9.17, 15) is 4.39 Å². The van der Waals surface area contributed by atoms with Crippen LogP contribution in [0, 0.1) is 5.82 Å². The van der Waals surface area contributed by atoms with Crippen LogP contribution in [0.2, 0.25) is 0 Å². The fourth-order valence-corrected chi connectivity index (χ4v) is 2.19. The summed E-state index contributed by atoms with van der Waals surface area (Å²) in [5.41, 5.74) is 1.46. The van der Waals surface area contributed by atoms with Crippen LogP contribution in [0.5, 0.6) is 0 Å². The van der Waals surface area contributed by atoms with Crippen LogP contribution in [-0.2, 0) is 12.4 Å². The van der Waals surface area contributed by atoms with Gasteiger partial charge in [0.15, 0.2) is 0 Å². The van der Waals surface area contributed by atoms with Crippen molar-refractivity contribution in [1.82, 2.24) is 9.55 Å². The van der Waals surface area contributed by atoms with Crippen molar-refractivity contribution in [3.63, 3.8) is 0 Å². The summed E-state index contributed by atoms with van der Waals surface area (Å²) >= 11 is 5.88. The number of aromatic nitrogens is 2. The molecule has 18 heavy (non-hydrogen) atoms. The highest BCUT2D eigenvalue weighted by molar-refractivity contribution is 6.16. The van der Waals surface area contributed by atoms with Crippen molar-refractivity contribution in [3.05, 3.63) is 54.0 Å². The van der Waals surface area contributed by atoms with E-state index < -0.39 is 0 Å². The monoisotopic (exact) mass is 264 g/mol. The topological polar surface area (TPSA) is 31.0 Å². The standard InChI is InChI=1S/C13H10ClFN2O/c14-7-13-16-11-4-3-9(15)6-12(11)17(13)8-10-2-1-5-18-10/h1-6H,7-8H2. The van der Waals surface area contributed by atoms with Crippen molar-refractivity contribution in [3.8, 4) is 0 Å². The molecule has 0 saturated heterocycles. The van der Waals surface area contributed by atoms with Crippen molar-refractivity contribution >= 4 is 22.6 Å². The van der Waals surface area contributed by atoms with Crippen LogP contribution >= 0.6 is 11.6 Å². The molecule has 0 fully saturated rings. The number of halogens is 2. The van der Waals surface area contributed by atoms with Crippen LogP contribution < -0.4 is 0 Å². The maximum absolute atomic E-state index is 13.3. The number of benzene rings is 1. The molecule has 0 saturated carbocycles. The van der Waals surface area contributed by atoms with Gasteiger partial charge in [-0.1, -0.05) is 0 Å². The van der Waals surface area contributed by atoms with Gasteiger partial charge in [0.05, 0.1) is 29.7 Å². The second kappa shape index (κ2) is 4.46. The Bertz CT molecular complexity index is 676. The maximum Gasteiger partial charge on any atom is 0.125 e. The van der Waals surface area contributed by atoms with Crippen LogP contribution in [0.4, 0.5) is 4.39 Å². The first kappa shape index (κ1) is 11.3. The SMILES string of the molecule is Fc1ccc2nc(CCl)n(Cc3ccco3)c2c1. The minimum Gasteiger partial charge on any atom is -0.467 e. The molecule has 3 rings (SSSR count). The minimum absolute atomic E-state index is 0.275. The van der Waals surface area contributed by atoms with Gasteiger partial charge < -0.3 is 8.98 Å². The van der Waals surface area contributed by atoms with Crippen molar-refractivity contribution in [2.75, 3.05) is 0 Å². The zero-order valence-electron chi connectivity index (χ0n) is 9.44. The Morgan fingerprint density at radius 3 is 2.94 bits per heavy atom. The number of hydrogen-bond donors (Lipinski definition) is 0. The van der Waals surface area contributed by atoms with Crippen LogP contribution in [0.1, 0.15) is 11.6 Å². The molecule has 0 aliphatic carbocycles. The van der Waals surface area contributed by atoms with Crippen molar-refractivity contribution < 1.29 is 8.81 Å². The largest absolute Gasteiger partial charge is 0.467 e. The average Bonchev–Trinajstić information content (AvgIpc) is 2.98. The summed E-state index contributed by atoms with van der Waals surface area (Å²) in [6, 6.07) is 8.18.